The SMILES string of the molecule is N=CN.O. The van der Waals surface area contributed by atoms with Gasteiger partial charge in [0.25, 0.3) is 0 Å². The lowest BCUT2D eigenvalue weighted by Crippen LogP contribution is -1.81. The third-order valence-corrected chi connectivity index (χ3v) is 0. The Bertz CT molecular complexity index is 13.5. The lowest BCUT2D eigenvalue weighted by atomic mass is 11.4. The zero-order chi connectivity index (χ0) is 2.71. The average Bonchev–Trinajstić information content (AvgIpc) is 0.918. The van der Waals surface area contributed by atoms with Gasteiger partial charge >= 0.3 is 0 Å². The highest BCUT2D eigenvalue weighted by Crippen LogP contribution is 0.879. The standard InChI is InChI=1S/CH4N2.H2O/c2-1-3;/h1H,(H3,2,3);1H2. The molecule has 0 amide bonds. The summed E-state index contributed by atoms with van der Waals surface area (Å²) in [6, 6.07) is 0. The summed E-state index contributed by atoms with van der Waals surface area (Å²) in [7, 11) is 0. The van der Waals surface area contributed by atoms with Crippen LogP contribution in [0.15, 0.2) is 0 Å². The monoisotopic (exact) mass is 62.0 g/mol. The first-order chi connectivity index (χ1) is 1.41. The van der Waals surface area contributed by atoms with E-state index in [0.29, 0.717) is 0 Å². The van der Waals surface area contributed by atoms with Crippen LogP contribution >= 0.6 is 0 Å². The van der Waals surface area contributed by atoms with Crippen molar-refractivity contribution in [1.29, 1.82) is 5.41 Å². The van der Waals surface area contributed by atoms with E-state index >= 15 is 0 Å². The molecule has 0 saturated heterocycles. The van der Waals surface area contributed by atoms with Crippen molar-refractivity contribution < 1.29 is 5.48 Å². The van der Waals surface area contributed by atoms with Gasteiger partial charge in [-0.25, -0.2) is 0 Å². The van der Waals surface area contributed by atoms with Gasteiger partial charge in [-0.3, -0.25) is 5.41 Å². The second-order valence-electron chi connectivity index (χ2n) is 0.167. The Balaban J connectivity index is 0. The van der Waals surface area contributed by atoms with Crippen LogP contribution in [0, 0.1) is 5.41 Å². The summed E-state index contributed by atoms with van der Waals surface area (Å²) in [6.07, 6.45) is 0.750. The van der Waals surface area contributed by atoms with Gasteiger partial charge in [-0.2, -0.15) is 0 Å². The molecule has 3 heteroatoms. The Labute approximate surface area is 24.2 Å². The van der Waals surface area contributed by atoms with Crippen LogP contribution in [0.1, 0.15) is 0 Å². The predicted molar refractivity (Wildman–Crippen MR) is 16.6 cm³/mol. The molecule has 0 saturated carbocycles. The van der Waals surface area contributed by atoms with Gasteiger partial charge in [-0.05, 0) is 0 Å². The Morgan fingerprint density at radius 2 is 1.75 bits per heavy atom. The van der Waals surface area contributed by atoms with Crippen molar-refractivity contribution >= 4 is 6.34 Å². The minimum atomic E-state index is 0. The number of hydrogen-bond acceptors (Lipinski definition) is 1. The quantitative estimate of drug-likeness (QED) is 0.266. The van der Waals surface area contributed by atoms with Gasteiger partial charge in [-0.1, -0.05) is 0 Å². The Hall–Kier alpha value is -0.570. The third kappa shape index (κ3) is 0.814. The van der Waals surface area contributed by atoms with Gasteiger partial charge in [0.1, 0.15) is 0 Å². The Kier molecular flexibility index (Phi) is 66.5. The predicted octanol–water partition coefficient (Wildman–Crippen LogP) is -1.27. The molecule has 0 radical (unpaired) electrons. The average molecular weight is 62.1 g/mol. The zero-order valence-electron chi connectivity index (χ0n) is 2.15. The fourth-order valence-electron chi connectivity index (χ4n) is 0. The summed E-state index contributed by atoms with van der Waals surface area (Å²) in [5.41, 5.74) is 4.39. The van der Waals surface area contributed by atoms with Gasteiger partial charge in [0, 0.05) is 0 Å². The largest absolute Gasteiger partial charge is 0.412 e. The molecule has 0 aliphatic carbocycles. The molecule has 26 valence electrons. The fourth-order valence-corrected chi connectivity index (χ4v) is 0. The molecule has 0 atom stereocenters. The topological polar surface area (TPSA) is 81.4 Å². The Morgan fingerprint density at radius 1 is 1.75 bits per heavy atom. The summed E-state index contributed by atoms with van der Waals surface area (Å²) >= 11 is 0. The molecular weight excluding hydrogens is 56.0 g/mol. The van der Waals surface area contributed by atoms with E-state index in [1.54, 1.807) is 0 Å². The van der Waals surface area contributed by atoms with Crippen LogP contribution in [0.25, 0.3) is 0 Å². The van der Waals surface area contributed by atoms with Crippen molar-refractivity contribution in [2.75, 3.05) is 0 Å². The molecule has 4 heavy (non-hydrogen) atoms. The van der Waals surface area contributed by atoms with Crippen LogP contribution in [-0.4, -0.2) is 11.8 Å². The first-order valence-corrected chi connectivity index (χ1v) is 0.622. The highest BCUT2D eigenvalue weighted by atomic mass is 16.0. The van der Waals surface area contributed by atoms with Crippen molar-refractivity contribution in [1.82, 2.24) is 0 Å². The minimum absolute atomic E-state index is 0. The maximum absolute atomic E-state index is 5.86. The molecule has 5 N–H and O–H groups in total. The smallest absolute Gasteiger partial charge is 0.0765 e. The lowest BCUT2D eigenvalue weighted by Gasteiger charge is -1.38. The molecule has 0 spiro atoms. The van der Waals surface area contributed by atoms with E-state index in [2.05, 4.69) is 5.73 Å². The maximum atomic E-state index is 5.86. The molecule has 3 nitrogen and oxygen atoms in total. The molecule has 0 aromatic heterocycles. The van der Waals surface area contributed by atoms with E-state index in [4.69, 9.17) is 5.41 Å². The molecule has 0 fully saturated rings. The van der Waals surface area contributed by atoms with Gasteiger partial charge in [0.05, 0.1) is 6.34 Å². The highest BCUT2D eigenvalue weighted by molar-refractivity contribution is 5.46. The normalized spacial score (nSPS) is 3.00. The van der Waals surface area contributed by atoms with Gasteiger partial charge in [0.15, 0.2) is 0 Å². The third-order valence-electron chi connectivity index (χ3n) is 0. The second-order valence-corrected chi connectivity index (χ2v) is 0.167. The molecular formula is CH6N2O. The van der Waals surface area contributed by atoms with Gasteiger partial charge in [-0.15, -0.1) is 0 Å². The van der Waals surface area contributed by atoms with E-state index in [1.807, 2.05) is 0 Å². The van der Waals surface area contributed by atoms with Crippen LogP contribution in [0.3, 0.4) is 0 Å². The number of nitrogens with one attached hydrogen (secondary N) is 1. The molecule has 0 aliphatic heterocycles. The van der Waals surface area contributed by atoms with E-state index < -0.39 is 0 Å². The van der Waals surface area contributed by atoms with Crippen LogP contribution in [0.5, 0.6) is 0 Å². The summed E-state index contributed by atoms with van der Waals surface area (Å²) in [5.74, 6) is 0. The molecule has 0 bridgehead atoms. The first-order valence-electron chi connectivity index (χ1n) is 0.622. The maximum Gasteiger partial charge on any atom is 0.0765 e. The highest BCUT2D eigenvalue weighted by Gasteiger charge is 1.10. The van der Waals surface area contributed by atoms with Crippen molar-refractivity contribution in [3.05, 3.63) is 0 Å². The molecule has 0 aromatic rings. The number of nitrogens with two attached hydrogens (primary N) is 1. The van der Waals surface area contributed by atoms with E-state index in [1.165, 1.54) is 0 Å². The zero-order valence-corrected chi connectivity index (χ0v) is 2.15. The second kappa shape index (κ2) is 26.9. The molecule has 0 aliphatic rings. The van der Waals surface area contributed by atoms with Gasteiger partial charge in [0.2, 0.25) is 0 Å². The van der Waals surface area contributed by atoms with Crippen molar-refractivity contribution in [2.45, 2.75) is 0 Å². The van der Waals surface area contributed by atoms with Crippen LogP contribution in [0.4, 0.5) is 0 Å². The van der Waals surface area contributed by atoms with E-state index in [9.17, 15) is 0 Å². The summed E-state index contributed by atoms with van der Waals surface area (Å²) in [5, 5.41) is 5.86. The lowest BCUT2D eigenvalue weighted by molar-refractivity contribution is 0.824. The molecule has 0 unspecified atom stereocenters. The van der Waals surface area contributed by atoms with Crippen molar-refractivity contribution in [3.63, 3.8) is 0 Å². The first kappa shape index (κ1) is 9.90. The summed E-state index contributed by atoms with van der Waals surface area (Å²) < 4.78 is 0. The fraction of sp³-hybridized carbons (Fsp3) is 0. The van der Waals surface area contributed by atoms with Crippen LogP contribution in [-0.2, 0) is 0 Å². The van der Waals surface area contributed by atoms with Crippen LogP contribution < -0.4 is 5.73 Å². The number of hydrogen-bond donors (Lipinski definition) is 2. The number of rotatable bonds is 0. The minimum Gasteiger partial charge on any atom is -0.412 e. The molecule has 0 rings (SSSR count). The van der Waals surface area contributed by atoms with Crippen LogP contribution in [0.2, 0.25) is 0 Å². The summed E-state index contributed by atoms with van der Waals surface area (Å²) in [4.78, 5) is 0. The van der Waals surface area contributed by atoms with Crippen molar-refractivity contribution in [3.8, 4) is 0 Å². The van der Waals surface area contributed by atoms with Gasteiger partial charge < -0.3 is 11.2 Å². The molecule has 0 heterocycles. The van der Waals surface area contributed by atoms with E-state index in [-0.39, 0.29) is 5.48 Å². The molecule has 0 aromatic carbocycles. The van der Waals surface area contributed by atoms with Crippen molar-refractivity contribution in [2.24, 2.45) is 5.73 Å². The Morgan fingerprint density at radius 3 is 1.75 bits per heavy atom. The van der Waals surface area contributed by atoms with E-state index in [0.717, 1.165) is 6.34 Å². The summed E-state index contributed by atoms with van der Waals surface area (Å²) in [6.45, 7) is 0.